The van der Waals surface area contributed by atoms with Crippen molar-refractivity contribution in [2.45, 2.75) is 19.4 Å². The number of hydrogen-bond acceptors (Lipinski definition) is 2. The van der Waals surface area contributed by atoms with E-state index in [1.165, 1.54) is 5.56 Å². The van der Waals surface area contributed by atoms with Crippen LogP contribution in [0.15, 0.2) is 59.1 Å². The van der Waals surface area contributed by atoms with Crippen molar-refractivity contribution in [3.05, 3.63) is 64.6 Å². The first-order valence-corrected chi connectivity index (χ1v) is 7.75. The SMILES string of the molecule is CC(Cc1ccccc1)NCC(=O)Nc1ccc(Br)cc1. The lowest BCUT2D eigenvalue weighted by atomic mass is 10.1. The first-order chi connectivity index (χ1) is 10.1. The van der Waals surface area contributed by atoms with E-state index in [1.54, 1.807) is 0 Å². The number of rotatable bonds is 6. The van der Waals surface area contributed by atoms with E-state index in [-0.39, 0.29) is 11.9 Å². The number of hydrogen-bond donors (Lipinski definition) is 2. The van der Waals surface area contributed by atoms with Gasteiger partial charge in [-0.25, -0.2) is 0 Å². The lowest BCUT2D eigenvalue weighted by Crippen LogP contribution is -2.35. The highest BCUT2D eigenvalue weighted by atomic mass is 79.9. The molecule has 2 N–H and O–H groups in total. The molecule has 4 heteroatoms. The zero-order valence-electron chi connectivity index (χ0n) is 12.0. The van der Waals surface area contributed by atoms with Gasteiger partial charge in [0.2, 0.25) is 5.91 Å². The molecule has 0 aliphatic heterocycles. The van der Waals surface area contributed by atoms with Crippen LogP contribution in [0.4, 0.5) is 5.69 Å². The lowest BCUT2D eigenvalue weighted by Gasteiger charge is -2.14. The fourth-order valence-corrected chi connectivity index (χ4v) is 2.31. The van der Waals surface area contributed by atoms with Crippen LogP contribution in [0.5, 0.6) is 0 Å². The Balaban J connectivity index is 1.74. The van der Waals surface area contributed by atoms with Crippen molar-refractivity contribution < 1.29 is 4.79 Å². The molecule has 0 heterocycles. The maximum absolute atomic E-state index is 11.9. The van der Waals surface area contributed by atoms with Crippen LogP contribution >= 0.6 is 15.9 Å². The van der Waals surface area contributed by atoms with Crippen molar-refractivity contribution in [3.63, 3.8) is 0 Å². The molecule has 0 saturated carbocycles. The molecule has 2 aromatic carbocycles. The molecule has 3 nitrogen and oxygen atoms in total. The van der Waals surface area contributed by atoms with Crippen molar-refractivity contribution in [1.82, 2.24) is 5.32 Å². The summed E-state index contributed by atoms with van der Waals surface area (Å²) in [6.45, 7) is 2.39. The van der Waals surface area contributed by atoms with Crippen molar-refractivity contribution in [1.29, 1.82) is 0 Å². The topological polar surface area (TPSA) is 41.1 Å². The van der Waals surface area contributed by atoms with Crippen LogP contribution in [0, 0.1) is 0 Å². The van der Waals surface area contributed by atoms with Gasteiger partial charge in [0.25, 0.3) is 0 Å². The van der Waals surface area contributed by atoms with Gasteiger partial charge in [0, 0.05) is 16.2 Å². The molecule has 21 heavy (non-hydrogen) atoms. The predicted molar refractivity (Wildman–Crippen MR) is 90.4 cm³/mol. The molecule has 2 rings (SSSR count). The van der Waals surface area contributed by atoms with E-state index in [2.05, 4.69) is 45.6 Å². The van der Waals surface area contributed by atoms with E-state index < -0.39 is 0 Å². The fourth-order valence-electron chi connectivity index (χ4n) is 2.05. The summed E-state index contributed by atoms with van der Waals surface area (Å²) >= 11 is 3.37. The Morgan fingerprint density at radius 1 is 1.10 bits per heavy atom. The van der Waals surface area contributed by atoms with E-state index in [1.807, 2.05) is 42.5 Å². The summed E-state index contributed by atoms with van der Waals surface area (Å²) in [5, 5.41) is 6.11. The average Bonchev–Trinajstić information content (AvgIpc) is 2.49. The summed E-state index contributed by atoms with van der Waals surface area (Å²) in [5.74, 6) is -0.0303. The number of carbonyl (C=O) groups excluding carboxylic acids is 1. The fraction of sp³-hybridized carbons (Fsp3) is 0.235. The van der Waals surface area contributed by atoms with E-state index in [0.29, 0.717) is 6.54 Å². The molecule has 0 saturated heterocycles. The Kier molecular flexibility index (Phi) is 5.96. The van der Waals surface area contributed by atoms with Crippen molar-refractivity contribution in [2.75, 3.05) is 11.9 Å². The monoisotopic (exact) mass is 346 g/mol. The smallest absolute Gasteiger partial charge is 0.238 e. The van der Waals surface area contributed by atoms with Crippen LogP contribution in [0.3, 0.4) is 0 Å². The Bertz CT molecular complexity index is 569. The maximum Gasteiger partial charge on any atom is 0.238 e. The Hall–Kier alpha value is -1.65. The number of amides is 1. The number of nitrogens with one attached hydrogen (secondary N) is 2. The third-order valence-corrected chi connectivity index (χ3v) is 3.65. The standard InChI is InChI=1S/C17H19BrN2O/c1-13(11-14-5-3-2-4-6-14)19-12-17(21)20-16-9-7-15(18)8-10-16/h2-10,13,19H,11-12H2,1H3,(H,20,21). The molecule has 2 aromatic rings. The first-order valence-electron chi connectivity index (χ1n) is 6.96. The normalized spacial score (nSPS) is 11.9. The summed E-state index contributed by atoms with van der Waals surface area (Å²) in [4.78, 5) is 11.9. The molecule has 0 radical (unpaired) electrons. The highest BCUT2D eigenvalue weighted by molar-refractivity contribution is 9.10. The predicted octanol–water partition coefficient (Wildman–Crippen LogP) is 3.61. The van der Waals surface area contributed by atoms with Gasteiger partial charge < -0.3 is 10.6 Å². The van der Waals surface area contributed by atoms with Gasteiger partial charge in [0.15, 0.2) is 0 Å². The summed E-state index contributed by atoms with van der Waals surface area (Å²) in [6, 6.07) is 18.1. The molecule has 1 amide bonds. The highest BCUT2D eigenvalue weighted by Gasteiger charge is 2.06. The zero-order chi connectivity index (χ0) is 15.1. The van der Waals surface area contributed by atoms with E-state index >= 15 is 0 Å². The van der Waals surface area contributed by atoms with Gasteiger partial charge >= 0.3 is 0 Å². The van der Waals surface area contributed by atoms with Crippen LogP contribution in [0.1, 0.15) is 12.5 Å². The Morgan fingerprint density at radius 2 is 1.76 bits per heavy atom. The van der Waals surface area contributed by atoms with Gasteiger partial charge in [-0.05, 0) is 43.2 Å². The lowest BCUT2D eigenvalue weighted by molar-refractivity contribution is -0.115. The molecular weight excluding hydrogens is 328 g/mol. The molecule has 0 fully saturated rings. The molecule has 0 bridgehead atoms. The largest absolute Gasteiger partial charge is 0.325 e. The number of benzene rings is 2. The summed E-state index contributed by atoms with van der Waals surface area (Å²) in [7, 11) is 0. The molecule has 0 aliphatic carbocycles. The minimum absolute atomic E-state index is 0.0303. The van der Waals surface area contributed by atoms with Gasteiger partial charge in [-0.15, -0.1) is 0 Å². The van der Waals surface area contributed by atoms with Crippen LogP contribution in [0.25, 0.3) is 0 Å². The minimum Gasteiger partial charge on any atom is -0.325 e. The highest BCUT2D eigenvalue weighted by Crippen LogP contribution is 2.13. The molecular formula is C17H19BrN2O. The van der Waals surface area contributed by atoms with Gasteiger partial charge in [-0.3, -0.25) is 4.79 Å². The van der Waals surface area contributed by atoms with Crippen LogP contribution in [-0.4, -0.2) is 18.5 Å². The number of anilines is 1. The first kappa shape index (κ1) is 15.7. The summed E-state index contributed by atoms with van der Waals surface area (Å²) < 4.78 is 0.995. The van der Waals surface area contributed by atoms with Gasteiger partial charge in [0.1, 0.15) is 0 Å². The third kappa shape index (κ3) is 5.69. The van der Waals surface area contributed by atoms with E-state index in [0.717, 1.165) is 16.6 Å². The second kappa shape index (κ2) is 7.96. The Labute approximate surface area is 133 Å². The molecule has 0 aliphatic rings. The molecule has 0 spiro atoms. The van der Waals surface area contributed by atoms with Gasteiger partial charge in [-0.1, -0.05) is 46.3 Å². The van der Waals surface area contributed by atoms with Crippen molar-refractivity contribution >= 4 is 27.5 Å². The van der Waals surface area contributed by atoms with Crippen molar-refractivity contribution in [2.24, 2.45) is 0 Å². The second-order valence-electron chi connectivity index (χ2n) is 5.03. The second-order valence-corrected chi connectivity index (χ2v) is 5.94. The zero-order valence-corrected chi connectivity index (χ0v) is 13.6. The van der Waals surface area contributed by atoms with Crippen LogP contribution in [-0.2, 0) is 11.2 Å². The molecule has 1 unspecified atom stereocenters. The maximum atomic E-state index is 11.9. The minimum atomic E-state index is -0.0303. The van der Waals surface area contributed by atoms with Gasteiger partial charge in [0.05, 0.1) is 6.54 Å². The molecule has 1 atom stereocenters. The number of halogens is 1. The summed E-state index contributed by atoms with van der Waals surface area (Å²) in [6.07, 6.45) is 0.909. The molecule has 110 valence electrons. The quantitative estimate of drug-likeness (QED) is 0.838. The van der Waals surface area contributed by atoms with E-state index in [4.69, 9.17) is 0 Å². The third-order valence-electron chi connectivity index (χ3n) is 3.12. The van der Waals surface area contributed by atoms with Crippen molar-refractivity contribution in [3.8, 4) is 0 Å². The Morgan fingerprint density at radius 3 is 2.43 bits per heavy atom. The summed E-state index contributed by atoms with van der Waals surface area (Å²) in [5.41, 5.74) is 2.08. The van der Waals surface area contributed by atoms with E-state index in [9.17, 15) is 4.79 Å². The number of carbonyl (C=O) groups is 1. The van der Waals surface area contributed by atoms with Gasteiger partial charge in [-0.2, -0.15) is 0 Å². The van der Waals surface area contributed by atoms with Crippen LogP contribution < -0.4 is 10.6 Å². The molecule has 0 aromatic heterocycles. The van der Waals surface area contributed by atoms with Crippen LogP contribution in [0.2, 0.25) is 0 Å². The average molecular weight is 347 g/mol.